The summed E-state index contributed by atoms with van der Waals surface area (Å²) in [6, 6.07) is 20.7. The van der Waals surface area contributed by atoms with Crippen LogP contribution in [-0.4, -0.2) is 5.91 Å². The van der Waals surface area contributed by atoms with Crippen LogP contribution in [0.5, 0.6) is 0 Å². The van der Waals surface area contributed by atoms with Gasteiger partial charge in [0.05, 0.1) is 17.2 Å². The maximum atomic E-state index is 12.4. The number of aryl methyl sites for hydroxylation is 1. The van der Waals surface area contributed by atoms with Gasteiger partial charge < -0.3 is 9.73 Å². The summed E-state index contributed by atoms with van der Waals surface area (Å²) in [5.74, 6) is 0.860. The molecule has 2 aromatic carbocycles. The molecule has 3 rings (SSSR count). The van der Waals surface area contributed by atoms with Gasteiger partial charge in [0.15, 0.2) is 0 Å². The van der Waals surface area contributed by atoms with Crippen LogP contribution in [0, 0.1) is 18.3 Å². The lowest BCUT2D eigenvalue weighted by Gasteiger charge is -2.03. The summed E-state index contributed by atoms with van der Waals surface area (Å²) < 4.78 is 5.70. The number of nitrogens with one attached hydrogen (secondary N) is 1. The van der Waals surface area contributed by atoms with Crippen LogP contribution < -0.4 is 5.32 Å². The van der Waals surface area contributed by atoms with Crippen LogP contribution in [0.2, 0.25) is 0 Å². The Morgan fingerprint density at radius 3 is 2.58 bits per heavy atom. The fourth-order valence-corrected chi connectivity index (χ4v) is 2.51. The molecule has 0 fully saturated rings. The number of benzene rings is 2. The molecule has 1 aromatic heterocycles. The van der Waals surface area contributed by atoms with Gasteiger partial charge in [-0.1, -0.05) is 42.5 Å². The average molecular weight is 316 g/mol. The molecular weight excluding hydrogens is 300 g/mol. The van der Waals surface area contributed by atoms with Crippen molar-refractivity contribution in [3.63, 3.8) is 0 Å². The van der Waals surface area contributed by atoms with Crippen LogP contribution in [0.3, 0.4) is 0 Å². The van der Waals surface area contributed by atoms with E-state index >= 15 is 0 Å². The van der Waals surface area contributed by atoms with Crippen LogP contribution in [0.25, 0.3) is 11.3 Å². The normalized spacial score (nSPS) is 10.2. The number of rotatable bonds is 4. The Morgan fingerprint density at radius 1 is 1.12 bits per heavy atom. The second-order valence-corrected chi connectivity index (χ2v) is 5.41. The topological polar surface area (TPSA) is 66.0 Å². The highest BCUT2D eigenvalue weighted by atomic mass is 16.3. The van der Waals surface area contributed by atoms with Crippen LogP contribution in [-0.2, 0) is 6.54 Å². The number of nitrogens with zero attached hydrogens (tertiary/aromatic N) is 1. The molecule has 118 valence electrons. The lowest BCUT2D eigenvalue weighted by Crippen LogP contribution is -2.22. The molecule has 1 amide bonds. The van der Waals surface area contributed by atoms with E-state index in [0.29, 0.717) is 34.8 Å². The van der Waals surface area contributed by atoms with Gasteiger partial charge in [-0.3, -0.25) is 4.79 Å². The van der Waals surface area contributed by atoms with Gasteiger partial charge in [-0.2, -0.15) is 5.26 Å². The number of carbonyl (C=O) groups is 1. The predicted molar refractivity (Wildman–Crippen MR) is 91.2 cm³/mol. The first-order chi connectivity index (χ1) is 11.7. The minimum Gasteiger partial charge on any atom is -0.460 e. The van der Waals surface area contributed by atoms with Gasteiger partial charge in [-0.25, -0.2) is 0 Å². The predicted octanol–water partition coefficient (Wildman–Crippen LogP) is 4.06. The number of nitriles is 1. The Morgan fingerprint density at radius 2 is 1.83 bits per heavy atom. The smallest absolute Gasteiger partial charge is 0.255 e. The van der Waals surface area contributed by atoms with Crippen molar-refractivity contribution in [1.82, 2.24) is 5.32 Å². The van der Waals surface area contributed by atoms with Crippen LogP contribution in [0.1, 0.15) is 27.2 Å². The Balaban J connectivity index is 1.81. The standard InChI is InChI=1S/C20H16N2O2/c1-14-18(20(23)22-13-15-7-3-2-4-8-15)11-19(24-14)17-10-6-5-9-16(17)12-21/h2-11H,13H2,1H3,(H,22,23). The Hall–Kier alpha value is -3.32. The first-order valence-electron chi connectivity index (χ1n) is 7.61. The molecule has 1 N–H and O–H groups in total. The molecule has 0 radical (unpaired) electrons. The highest BCUT2D eigenvalue weighted by Gasteiger charge is 2.17. The fourth-order valence-electron chi connectivity index (χ4n) is 2.51. The molecule has 0 aliphatic rings. The van der Waals surface area contributed by atoms with Gasteiger partial charge in [0.25, 0.3) is 5.91 Å². The van der Waals surface area contributed by atoms with Gasteiger partial charge in [0, 0.05) is 12.1 Å². The van der Waals surface area contributed by atoms with Crippen molar-refractivity contribution >= 4 is 5.91 Å². The molecule has 0 saturated heterocycles. The Labute approximate surface area is 140 Å². The summed E-state index contributed by atoms with van der Waals surface area (Å²) in [4.78, 5) is 12.4. The zero-order chi connectivity index (χ0) is 16.9. The van der Waals surface area contributed by atoms with Crippen molar-refractivity contribution in [2.45, 2.75) is 13.5 Å². The summed E-state index contributed by atoms with van der Waals surface area (Å²) in [5.41, 5.74) is 2.71. The molecule has 4 nitrogen and oxygen atoms in total. The van der Waals surface area contributed by atoms with Crippen molar-refractivity contribution < 1.29 is 9.21 Å². The van der Waals surface area contributed by atoms with E-state index in [1.807, 2.05) is 42.5 Å². The van der Waals surface area contributed by atoms with Crippen LogP contribution >= 0.6 is 0 Å². The lowest BCUT2D eigenvalue weighted by molar-refractivity contribution is 0.0949. The maximum Gasteiger partial charge on any atom is 0.255 e. The van der Waals surface area contributed by atoms with Crippen molar-refractivity contribution in [1.29, 1.82) is 5.26 Å². The summed E-state index contributed by atoms with van der Waals surface area (Å²) in [5, 5.41) is 12.1. The average Bonchev–Trinajstić information content (AvgIpc) is 3.02. The van der Waals surface area contributed by atoms with Crippen LogP contribution in [0.15, 0.2) is 65.1 Å². The Bertz CT molecular complexity index is 905. The first kappa shape index (κ1) is 15.6. The van der Waals surface area contributed by atoms with Crippen molar-refractivity contribution in [2.24, 2.45) is 0 Å². The van der Waals surface area contributed by atoms with E-state index in [-0.39, 0.29) is 5.91 Å². The third kappa shape index (κ3) is 3.21. The van der Waals surface area contributed by atoms with Gasteiger partial charge >= 0.3 is 0 Å². The van der Waals surface area contributed by atoms with Gasteiger partial charge in [-0.05, 0) is 30.7 Å². The van der Waals surface area contributed by atoms with E-state index in [0.717, 1.165) is 5.56 Å². The molecule has 0 aliphatic heterocycles. The van der Waals surface area contributed by atoms with E-state index in [2.05, 4.69) is 11.4 Å². The zero-order valence-corrected chi connectivity index (χ0v) is 13.2. The minimum absolute atomic E-state index is 0.194. The molecule has 0 saturated carbocycles. The van der Waals surface area contributed by atoms with Crippen LogP contribution in [0.4, 0.5) is 0 Å². The monoisotopic (exact) mass is 316 g/mol. The second-order valence-electron chi connectivity index (χ2n) is 5.41. The van der Waals surface area contributed by atoms with Crippen molar-refractivity contribution in [2.75, 3.05) is 0 Å². The summed E-state index contributed by atoms with van der Waals surface area (Å²) in [6.07, 6.45) is 0. The number of hydrogen-bond acceptors (Lipinski definition) is 3. The molecule has 0 unspecified atom stereocenters. The molecular formula is C20H16N2O2. The number of amides is 1. The molecule has 0 spiro atoms. The first-order valence-corrected chi connectivity index (χ1v) is 7.61. The number of hydrogen-bond donors (Lipinski definition) is 1. The molecule has 0 atom stereocenters. The highest BCUT2D eigenvalue weighted by Crippen LogP contribution is 2.28. The molecule has 4 heteroatoms. The molecule has 3 aromatic rings. The molecule has 1 heterocycles. The molecule has 0 bridgehead atoms. The minimum atomic E-state index is -0.194. The van der Waals surface area contributed by atoms with E-state index in [9.17, 15) is 10.1 Å². The maximum absolute atomic E-state index is 12.4. The quantitative estimate of drug-likeness (QED) is 0.789. The van der Waals surface area contributed by atoms with Gasteiger partial charge in [0.2, 0.25) is 0 Å². The fraction of sp³-hybridized carbons (Fsp3) is 0.100. The van der Waals surface area contributed by atoms with Crippen molar-refractivity contribution in [3.8, 4) is 17.4 Å². The van der Waals surface area contributed by atoms with E-state index in [4.69, 9.17) is 4.42 Å². The summed E-state index contributed by atoms with van der Waals surface area (Å²) >= 11 is 0. The van der Waals surface area contributed by atoms with E-state index in [1.54, 1.807) is 25.1 Å². The summed E-state index contributed by atoms with van der Waals surface area (Å²) in [6.45, 7) is 2.20. The SMILES string of the molecule is Cc1oc(-c2ccccc2C#N)cc1C(=O)NCc1ccccc1. The van der Waals surface area contributed by atoms with Gasteiger partial charge in [0.1, 0.15) is 11.5 Å². The number of carbonyl (C=O) groups excluding carboxylic acids is 1. The third-order valence-corrected chi connectivity index (χ3v) is 3.77. The highest BCUT2D eigenvalue weighted by molar-refractivity contribution is 5.96. The molecule has 24 heavy (non-hydrogen) atoms. The van der Waals surface area contributed by atoms with Gasteiger partial charge in [-0.15, -0.1) is 0 Å². The second kappa shape index (κ2) is 6.84. The lowest BCUT2D eigenvalue weighted by atomic mass is 10.1. The summed E-state index contributed by atoms with van der Waals surface area (Å²) in [7, 11) is 0. The zero-order valence-electron chi connectivity index (χ0n) is 13.2. The number of furan rings is 1. The van der Waals surface area contributed by atoms with E-state index in [1.165, 1.54) is 0 Å². The van der Waals surface area contributed by atoms with Crippen molar-refractivity contribution in [3.05, 3.63) is 83.1 Å². The molecule has 0 aliphatic carbocycles. The third-order valence-electron chi connectivity index (χ3n) is 3.77. The Kier molecular flexibility index (Phi) is 4.44. The van der Waals surface area contributed by atoms with E-state index < -0.39 is 0 Å². The largest absolute Gasteiger partial charge is 0.460 e.